The first-order chi connectivity index (χ1) is 10.1. The van der Waals surface area contributed by atoms with Crippen molar-refractivity contribution < 1.29 is 8.78 Å². The van der Waals surface area contributed by atoms with E-state index in [0.29, 0.717) is 19.5 Å². The first-order valence-corrected chi connectivity index (χ1v) is 6.62. The van der Waals surface area contributed by atoms with Crippen LogP contribution in [-0.2, 0) is 13.0 Å². The second kappa shape index (κ2) is 5.23. The summed E-state index contributed by atoms with van der Waals surface area (Å²) in [7, 11) is 3.77. The fourth-order valence-corrected chi connectivity index (χ4v) is 2.61. The van der Waals surface area contributed by atoms with Gasteiger partial charge in [0.2, 0.25) is 0 Å². The predicted octanol–water partition coefficient (Wildman–Crippen LogP) is 1.78. The second-order valence-electron chi connectivity index (χ2n) is 5.14. The minimum atomic E-state index is -0.651. The van der Waals surface area contributed by atoms with E-state index in [1.165, 1.54) is 6.33 Å². The van der Waals surface area contributed by atoms with Crippen LogP contribution in [0.3, 0.4) is 0 Å². The molecule has 0 amide bonds. The molecule has 0 fully saturated rings. The van der Waals surface area contributed by atoms with Crippen molar-refractivity contribution >= 4 is 11.5 Å². The molecule has 0 spiro atoms. The van der Waals surface area contributed by atoms with Gasteiger partial charge in [0.25, 0.3) is 0 Å². The normalized spacial score (nSPS) is 14.0. The van der Waals surface area contributed by atoms with Crippen LogP contribution in [0, 0.1) is 11.6 Å². The van der Waals surface area contributed by atoms with Crippen LogP contribution in [-0.4, -0.2) is 35.6 Å². The van der Waals surface area contributed by atoms with Crippen molar-refractivity contribution in [3.8, 4) is 0 Å². The summed E-state index contributed by atoms with van der Waals surface area (Å²) in [6, 6.07) is 0. The van der Waals surface area contributed by atoms with Gasteiger partial charge < -0.3 is 9.80 Å². The Hall–Kier alpha value is -2.31. The minimum Gasteiger partial charge on any atom is -0.362 e. The van der Waals surface area contributed by atoms with Gasteiger partial charge in [-0.05, 0) is 0 Å². The highest BCUT2D eigenvalue weighted by molar-refractivity contribution is 5.55. The molecule has 5 nitrogen and oxygen atoms in total. The molecule has 2 aromatic heterocycles. The lowest BCUT2D eigenvalue weighted by Crippen LogP contribution is -2.34. The van der Waals surface area contributed by atoms with E-state index in [-0.39, 0.29) is 5.69 Å². The molecular formula is C14H15F2N5. The Bertz CT molecular complexity index is 654. The van der Waals surface area contributed by atoms with Gasteiger partial charge in [-0.2, -0.15) is 0 Å². The SMILES string of the molecule is CN(C)c1ncnc2c1CN(c1c(F)cncc1F)CC2. The third kappa shape index (κ3) is 2.39. The number of hydrogen-bond donors (Lipinski definition) is 0. The molecule has 1 aliphatic heterocycles. The lowest BCUT2D eigenvalue weighted by molar-refractivity contribution is 0.554. The van der Waals surface area contributed by atoms with Crippen LogP contribution >= 0.6 is 0 Å². The summed E-state index contributed by atoms with van der Waals surface area (Å²) in [5.74, 6) is -0.525. The molecule has 0 saturated heterocycles. The highest BCUT2D eigenvalue weighted by atomic mass is 19.1. The van der Waals surface area contributed by atoms with Crippen LogP contribution < -0.4 is 9.80 Å². The highest BCUT2D eigenvalue weighted by Gasteiger charge is 2.25. The summed E-state index contributed by atoms with van der Waals surface area (Å²) in [5, 5.41) is 0. The minimum absolute atomic E-state index is 0.0378. The number of fused-ring (bicyclic) bond motifs is 1. The summed E-state index contributed by atoms with van der Waals surface area (Å²) in [6.07, 6.45) is 4.21. The third-order valence-corrected chi connectivity index (χ3v) is 3.55. The summed E-state index contributed by atoms with van der Waals surface area (Å²) in [5.41, 5.74) is 1.80. The van der Waals surface area contributed by atoms with E-state index in [0.717, 1.165) is 29.5 Å². The van der Waals surface area contributed by atoms with Gasteiger partial charge in [-0.3, -0.25) is 4.98 Å². The van der Waals surface area contributed by atoms with Crippen molar-refractivity contribution in [2.45, 2.75) is 13.0 Å². The van der Waals surface area contributed by atoms with Crippen LogP contribution in [0.25, 0.3) is 0 Å². The Kier molecular flexibility index (Phi) is 3.40. The molecule has 0 radical (unpaired) electrons. The molecule has 2 aromatic rings. The second-order valence-corrected chi connectivity index (χ2v) is 5.14. The predicted molar refractivity (Wildman–Crippen MR) is 75.3 cm³/mol. The summed E-state index contributed by atoms with van der Waals surface area (Å²) in [4.78, 5) is 15.6. The summed E-state index contributed by atoms with van der Waals surface area (Å²) in [6.45, 7) is 0.885. The zero-order valence-electron chi connectivity index (χ0n) is 11.8. The van der Waals surface area contributed by atoms with Crippen molar-refractivity contribution in [2.75, 3.05) is 30.4 Å². The molecule has 0 atom stereocenters. The number of hydrogen-bond acceptors (Lipinski definition) is 5. The first-order valence-electron chi connectivity index (χ1n) is 6.62. The van der Waals surface area contributed by atoms with Gasteiger partial charge in [0.15, 0.2) is 11.6 Å². The third-order valence-electron chi connectivity index (χ3n) is 3.55. The van der Waals surface area contributed by atoms with Gasteiger partial charge in [-0.1, -0.05) is 0 Å². The van der Waals surface area contributed by atoms with E-state index in [1.807, 2.05) is 19.0 Å². The van der Waals surface area contributed by atoms with Crippen molar-refractivity contribution in [3.63, 3.8) is 0 Å². The largest absolute Gasteiger partial charge is 0.362 e. The van der Waals surface area contributed by atoms with E-state index >= 15 is 0 Å². The van der Waals surface area contributed by atoms with Gasteiger partial charge in [0, 0.05) is 39.2 Å². The molecule has 0 unspecified atom stereocenters. The van der Waals surface area contributed by atoms with Crippen molar-refractivity contribution in [1.29, 1.82) is 0 Å². The average molecular weight is 291 g/mol. The topological polar surface area (TPSA) is 45.2 Å². The lowest BCUT2D eigenvalue weighted by atomic mass is 10.1. The van der Waals surface area contributed by atoms with E-state index < -0.39 is 11.6 Å². The molecule has 3 heterocycles. The zero-order chi connectivity index (χ0) is 15.0. The molecule has 21 heavy (non-hydrogen) atoms. The average Bonchev–Trinajstić information content (AvgIpc) is 2.46. The summed E-state index contributed by atoms with van der Waals surface area (Å²) < 4.78 is 27.8. The van der Waals surface area contributed by atoms with Crippen LogP contribution in [0.2, 0.25) is 0 Å². The summed E-state index contributed by atoms with van der Waals surface area (Å²) >= 11 is 0. The van der Waals surface area contributed by atoms with Crippen LogP contribution in [0.5, 0.6) is 0 Å². The van der Waals surface area contributed by atoms with E-state index in [9.17, 15) is 8.78 Å². The molecular weight excluding hydrogens is 276 g/mol. The zero-order valence-corrected chi connectivity index (χ0v) is 11.8. The fraction of sp³-hybridized carbons (Fsp3) is 0.357. The Labute approximate surface area is 121 Å². The van der Waals surface area contributed by atoms with Crippen molar-refractivity contribution in [1.82, 2.24) is 15.0 Å². The van der Waals surface area contributed by atoms with Gasteiger partial charge >= 0.3 is 0 Å². The quantitative estimate of drug-likeness (QED) is 0.844. The Morgan fingerprint density at radius 1 is 1.14 bits per heavy atom. The van der Waals surface area contributed by atoms with Crippen LogP contribution in [0.15, 0.2) is 18.7 Å². The fourth-order valence-electron chi connectivity index (χ4n) is 2.61. The van der Waals surface area contributed by atoms with E-state index in [2.05, 4.69) is 15.0 Å². The molecule has 0 bridgehead atoms. The molecule has 7 heteroatoms. The van der Waals surface area contributed by atoms with Crippen LogP contribution in [0.4, 0.5) is 20.3 Å². The number of rotatable bonds is 2. The van der Waals surface area contributed by atoms with Crippen molar-refractivity contribution in [2.24, 2.45) is 0 Å². The van der Waals surface area contributed by atoms with Gasteiger partial charge in [-0.15, -0.1) is 0 Å². The van der Waals surface area contributed by atoms with Crippen molar-refractivity contribution in [3.05, 3.63) is 41.6 Å². The monoisotopic (exact) mass is 291 g/mol. The Morgan fingerprint density at radius 2 is 1.86 bits per heavy atom. The molecule has 0 N–H and O–H groups in total. The standard InChI is InChI=1S/C14H15F2N5/c1-20(2)14-9-7-21(4-3-12(9)18-8-19-14)13-10(15)5-17-6-11(13)16/h5-6,8H,3-4,7H2,1-2H3. The number of aromatic nitrogens is 3. The maximum absolute atomic E-state index is 13.9. The van der Waals surface area contributed by atoms with Gasteiger partial charge in [0.1, 0.15) is 17.8 Å². The number of nitrogens with zero attached hydrogens (tertiary/aromatic N) is 5. The maximum Gasteiger partial charge on any atom is 0.167 e. The molecule has 3 rings (SSSR count). The van der Waals surface area contributed by atoms with E-state index in [1.54, 1.807) is 4.90 Å². The molecule has 0 aliphatic carbocycles. The highest BCUT2D eigenvalue weighted by Crippen LogP contribution is 2.30. The van der Waals surface area contributed by atoms with Gasteiger partial charge in [0.05, 0.1) is 18.1 Å². The maximum atomic E-state index is 13.9. The first kappa shape index (κ1) is 13.7. The number of halogens is 2. The molecule has 1 aliphatic rings. The molecule has 0 saturated carbocycles. The van der Waals surface area contributed by atoms with Crippen LogP contribution in [0.1, 0.15) is 11.3 Å². The smallest absolute Gasteiger partial charge is 0.167 e. The Morgan fingerprint density at radius 3 is 2.52 bits per heavy atom. The van der Waals surface area contributed by atoms with E-state index in [4.69, 9.17) is 0 Å². The molecule has 110 valence electrons. The lowest BCUT2D eigenvalue weighted by Gasteiger charge is -2.32. The molecule has 0 aromatic carbocycles. The van der Waals surface area contributed by atoms with Gasteiger partial charge in [-0.25, -0.2) is 18.7 Å². The number of anilines is 2. The number of pyridine rings is 1. The Balaban J connectivity index is 2.01.